The van der Waals surface area contributed by atoms with Crippen LogP contribution in [0.4, 0.5) is 0 Å². The number of hydrogen-bond acceptors (Lipinski definition) is 2. The molecule has 2 aromatic heterocycles. The quantitative estimate of drug-likeness (QED) is 0.593. The summed E-state index contributed by atoms with van der Waals surface area (Å²) in [6.45, 7) is 4.67. The summed E-state index contributed by atoms with van der Waals surface area (Å²) in [6, 6.07) is 20.8. The number of hydrogen-bond donors (Lipinski definition) is 2. The van der Waals surface area contributed by atoms with Gasteiger partial charge in [-0.1, -0.05) is 36.4 Å². The molecule has 0 aliphatic carbocycles. The number of rotatable bonds is 4. The number of nitrogens with one attached hydrogen (secondary N) is 1. The summed E-state index contributed by atoms with van der Waals surface area (Å²) >= 11 is 0. The van der Waals surface area contributed by atoms with Crippen LogP contribution in [-0.4, -0.2) is 21.3 Å². The SMILES string of the molecule is Cc1cc(C(CN)c2c(C)[nH]c3ccccc23)n(-c2ccccc2)n1. The van der Waals surface area contributed by atoms with Crippen LogP contribution in [0, 0.1) is 13.8 Å². The van der Waals surface area contributed by atoms with Gasteiger partial charge in [0.15, 0.2) is 0 Å². The van der Waals surface area contributed by atoms with Crippen LogP contribution in [0.2, 0.25) is 0 Å². The Morgan fingerprint density at radius 1 is 1.04 bits per heavy atom. The zero-order valence-corrected chi connectivity index (χ0v) is 14.5. The minimum absolute atomic E-state index is 0.0811. The van der Waals surface area contributed by atoms with E-state index in [1.807, 2.05) is 29.8 Å². The number of nitrogens with two attached hydrogens (primary N) is 1. The molecule has 2 aromatic carbocycles. The van der Waals surface area contributed by atoms with Crippen molar-refractivity contribution in [2.45, 2.75) is 19.8 Å². The van der Waals surface area contributed by atoms with Crippen molar-refractivity contribution in [1.82, 2.24) is 14.8 Å². The zero-order chi connectivity index (χ0) is 17.4. The molecule has 0 radical (unpaired) electrons. The van der Waals surface area contributed by atoms with Gasteiger partial charge in [0.1, 0.15) is 0 Å². The molecule has 4 aromatic rings. The van der Waals surface area contributed by atoms with E-state index in [0.29, 0.717) is 6.54 Å². The maximum atomic E-state index is 6.26. The third kappa shape index (κ3) is 2.65. The van der Waals surface area contributed by atoms with Gasteiger partial charge in [0, 0.05) is 29.1 Å². The molecule has 0 fully saturated rings. The lowest BCUT2D eigenvalue weighted by Crippen LogP contribution is -2.18. The number of H-pyrrole nitrogens is 1. The molecule has 0 bridgehead atoms. The average molecular weight is 330 g/mol. The van der Waals surface area contributed by atoms with Crippen molar-refractivity contribution < 1.29 is 0 Å². The van der Waals surface area contributed by atoms with Crippen molar-refractivity contribution in [2.24, 2.45) is 5.73 Å². The molecule has 4 heteroatoms. The van der Waals surface area contributed by atoms with Crippen LogP contribution in [0.1, 0.15) is 28.6 Å². The molecular weight excluding hydrogens is 308 g/mol. The topological polar surface area (TPSA) is 59.6 Å². The van der Waals surface area contributed by atoms with Crippen molar-refractivity contribution in [3.8, 4) is 5.69 Å². The second-order valence-corrected chi connectivity index (χ2v) is 6.46. The highest BCUT2D eigenvalue weighted by Gasteiger charge is 2.24. The van der Waals surface area contributed by atoms with Gasteiger partial charge in [0.05, 0.1) is 17.1 Å². The highest BCUT2D eigenvalue weighted by Crippen LogP contribution is 2.34. The second-order valence-electron chi connectivity index (χ2n) is 6.46. The molecule has 4 nitrogen and oxygen atoms in total. The van der Waals surface area contributed by atoms with Crippen LogP contribution in [-0.2, 0) is 0 Å². The van der Waals surface area contributed by atoms with Crippen molar-refractivity contribution in [3.63, 3.8) is 0 Å². The van der Waals surface area contributed by atoms with Gasteiger partial charge in [0.2, 0.25) is 0 Å². The van der Waals surface area contributed by atoms with E-state index in [9.17, 15) is 0 Å². The van der Waals surface area contributed by atoms with Crippen LogP contribution in [0.3, 0.4) is 0 Å². The molecule has 126 valence electrons. The molecule has 25 heavy (non-hydrogen) atoms. The first kappa shape index (κ1) is 15.7. The first-order valence-electron chi connectivity index (χ1n) is 8.58. The van der Waals surface area contributed by atoms with Gasteiger partial charge in [-0.3, -0.25) is 0 Å². The Hall–Kier alpha value is -2.85. The van der Waals surface area contributed by atoms with E-state index in [-0.39, 0.29) is 5.92 Å². The standard InChI is InChI=1S/C21H22N4/c1-14-12-20(25(24-14)16-8-4-3-5-9-16)18(13-22)21-15(2)23-19-11-7-6-10-17(19)21/h3-12,18,23H,13,22H2,1-2H3. The van der Waals surface area contributed by atoms with E-state index >= 15 is 0 Å². The summed E-state index contributed by atoms with van der Waals surface area (Å²) in [4.78, 5) is 3.49. The number of nitrogens with zero attached hydrogens (tertiary/aromatic N) is 2. The highest BCUT2D eigenvalue weighted by molar-refractivity contribution is 5.85. The zero-order valence-electron chi connectivity index (χ0n) is 14.5. The van der Waals surface area contributed by atoms with Gasteiger partial charge < -0.3 is 10.7 Å². The van der Waals surface area contributed by atoms with E-state index in [1.54, 1.807) is 0 Å². The molecule has 0 aliphatic rings. The largest absolute Gasteiger partial charge is 0.358 e. The van der Waals surface area contributed by atoms with Crippen molar-refractivity contribution >= 4 is 10.9 Å². The fraction of sp³-hybridized carbons (Fsp3) is 0.190. The minimum Gasteiger partial charge on any atom is -0.358 e. The molecule has 4 rings (SSSR count). The Kier molecular flexibility index (Phi) is 3.90. The Morgan fingerprint density at radius 3 is 2.52 bits per heavy atom. The Labute approximate surface area is 147 Å². The predicted molar refractivity (Wildman–Crippen MR) is 102 cm³/mol. The van der Waals surface area contributed by atoms with Crippen LogP contribution in [0.15, 0.2) is 60.7 Å². The molecule has 1 unspecified atom stereocenters. The number of fused-ring (bicyclic) bond motifs is 1. The normalized spacial score (nSPS) is 12.6. The van der Waals surface area contributed by atoms with Crippen LogP contribution >= 0.6 is 0 Å². The van der Waals surface area contributed by atoms with E-state index in [0.717, 1.165) is 28.3 Å². The second kappa shape index (κ2) is 6.22. The molecule has 0 saturated heterocycles. The Balaban J connectivity index is 1.92. The van der Waals surface area contributed by atoms with Gasteiger partial charge in [-0.05, 0) is 43.7 Å². The highest BCUT2D eigenvalue weighted by atomic mass is 15.3. The lowest BCUT2D eigenvalue weighted by Gasteiger charge is -2.18. The fourth-order valence-corrected chi connectivity index (χ4v) is 3.68. The van der Waals surface area contributed by atoms with Gasteiger partial charge >= 0.3 is 0 Å². The van der Waals surface area contributed by atoms with Gasteiger partial charge in [-0.25, -0.2) is 4.68 Å². The summed E-state index contributed by atoms with van der Waals surface area (Å²) in [5.74, 6) is 0.0811. The number of aromatic amines is 1. The number of aromatic nitrogens is 3. The molecule has 1 atom stereocenters. The molecular formula is C21H22N4. The van der Waals surface area contributed by atoms with Gasteiger partial charge in [-0.15, -0.1) is 0 Å². The smallest absolute Gasteiger partial charge is 0.0649 e. The van der Waals surface area contributed by atoms with E-state index in [2.05, 4.69) is 54.4 Å². The van der Waals surface area contributed by atoms with E-state index in [1.165, 1.54) is 10.9 Å². The third-order valence-electron chi connectivity index (χ3n) is 4.74. The monoisotopic (exact) mass is 330 g/mol. The lowest BCUT2D eigenvalue weighted by molar-refractivity contribution is 0.718. The molecule has 0 spiro atoms. The molecule has 0 amide bonds. The van der Waals surface area contributed by atoms with Gasteiger partial charge in [-0.2, -0.15) is 5.10 Å². The van der Waals surface area contributed by atoms with Crippen LogP contribution in [0.25, 0.3) is 16.6 Å². The van der Waals surface area contributed by atoms with Crippen molar-refractivity contribution in [2.75, 3.05) is 6.54 Å². The maximum Gasteiger partial charge on any atom is 0.0649 e. The predicted octanol–water partition coefficient (Wildman–Crippen LogP) is 4.06. The molecule has 0 aliphatic heterocycles. The molecule has 3 N–H and O–H groups in total. The van der Waals surface area contributed by atoms with Crippen molar-refractivity contribution in [1.29, 1.82) is 0 Å². The summed E-state index contributed by atoms with van der Waals surface area (Å²) in [5, 5.41) is 5.95. The third-order valence-corrected chi connectivity index (χ3v) is 4.74. The van der Waals surface area contributed by atoms with Crippen LogP contribution < -0.4 is 5.73 Å². The fourth-order valence-electron chi connectivity index (χ4n) is 3.68. The molecule has 2 heterocycles. The minimum atomic E-state index is 0.0811. The van der Waals surface area contributed by atoms with Crippen molar-refractivity contribution in [3.05, 3.63) is 83.3 Å². The summed E-state index contributed by atoms with van der Waals surface area (Å²) in [6.07, 6.45) is 0. The van der Waals surface area contributed by atoms with E-state index < -0.39 is 0 Å². The summed E-state index contributed by atoms with van der Waals surface area (Å²) < 4.78 is 2.02. The summed E-state index contributed by atoms with van der Waals surface area (Å²) in [7, 11) is 0. The van der Waals surface area contributed by atoms with Gasteiger partial charge in [0.25, 0.3) is 0 Å². The lowest BCUT2D eigenvalue weighted by atomic mass is 9.92. The Morgan fingerprint density at radius 2 is 1.76 bits per heavy atom. The maximum absolute atomic E-state index is 6.26. The molecule has 0 saturated carbocycles. The average Bonchev–Trinajstić information content (AvgIpc) is 3.17. The summed E-state index contributed by atoms with van der Waals surface area (Å²) in [5.41, 5.74) is 13.0. The number of aryl methyl sites for hydroxylation is 2. The Bertz CT molecular complexity index is 1010. The van der Waals surface area contributed by atoms with E-state index in [4.69, 9.17) is 10.8 Å². The first-order chi connectivity index (χ1) is 12.2. The first-order valence-corrected chi connectivity index (χ1v) is 8.58. The number of para-hydroxylation sites is 2. The van der Waals surface area contributed by atoms with Crippen LogP contribution in [0.5, 0.6) is 0 Å². The number of benzene rings is 2.